The molecule has 1 saturated heterocycles. The second kappa shape index (κ2) is 17.2. The predicted molar refractivity (Wildman–Crippen MR) is 196 cm³/mol. The third kappa shape index (κ3) is 9.19. The lowest BCUT2D eigenvalue weighted by Crippen LogP contribution is -2.68. The largest absolute Gasteiger partial charge is 0.494 e. The van der Waals surface area contributed by atoms with Gasteiger partial charge < -0.3 is 30.1 Å². The van der Waals surface area contributed by atoms with Gasteiger partial charge in [0, 0.05) is 61.7 Å². The molecule has 17 heteroatoms. The molecular weight excluding hydrogens is 767 g/mol. The normalized spacial score (nSPS) is 24.2. The lowest BCUT2D eigenvalue weighted by molar-refractivity contribution is -0.158. The van der Waals surface area contributed by atoms with Crippen molar-refractivity contribution in [3.05, 3.63) is 69.4 Å². The zero-order chi connectivity index (χ0) is 41.1. The first-order valence-electron chi connectivity index (χ1n) is 18.9. The monoisotopic (exact) mass is 814 g/mol. The van der Waals surface area contributed by atoms with E-state index >= 15 is 0 Å². The second-order valence-electron chi connectivity index (χ2n) is 14.8. The maximum absolute atomic E-state index is 14.9. The Labute approximate surface area is 325 Å². The number of likely N-dealkylation sites (tertiary alicyclic amines) is 1. The van der Waals surface area contributed by atoms with Crippen molar-refractivity contribution in [1.82, 2.24) is 14.8 Å². The second-order valence-corrected chi connectivity index (χ2v) is 15.7. The van der Waals surface area contributed by atoms with Gasteiger partial charge in [-0.1, -0.05) is 32.4 Å². The topological polar surface area (TPSA) is 135 Å². The van der Waals surface area contributed by atoms with Crippen LogP contribution in [0.2, 0.25) is 0 Å². The number of carboxylic acid groups (broad SMARTS) is 1. The lowest BCUT2D eigenvalue weighted by Gasteiger charge is -2.49. The van der Waals surface area contributed by atoms with Gasteiger partial charge in [-0.3, -0.25) is 19.4 Å². The van der Waals surface area contributed by atoms with Crippen LogP contribution in [0.15, 0.2) is 53.3 Å². The van der Waals surface area contributed by atoms with E-state index in [1.807, 2.05) is 19.1 Å². The van der Waals surface area contributed by atoms with Gasteiger partial charge in [0.25, 0.3) is 11.8 Å². The number of nitrogens with two attached hydrogens (primary N) is 1. The number of alkyl halides is 6. The fraction of sp³-hybridized carbons (Fsp3) is 0.590. The van der Waals surface area contributed by atoms with Crippen LogP contribution < -0.4 is 10.5 Å². The summed E-state index contributed by atoms with van der Waals surface area (Å²) in [6.45, 7) is 3.63. The Hall–Kier alpha value is -4.12. The number of nitrogens with zero attached hydrogens (tertiary/aromatic N) is 3. The molecule has 1 aliphatic heterocycles. The van der Waals surface area contributed by atoms with E-state index in [2.05, 4.69) is 4.98 Å². The highest BCUT2D eigenvalue weighted by Crippen LogP contribution is 2.43. The number of hydrogen-bond acceptors (Lipinski definition) is 8. The van der Waals surface area contributed by atoms with Crippen molar-refractivity contribution in [1.29, 1.82) is 0 Å². The van der Waals surface area contributed by atoms with Gasteiger partial charge in [0.05, 0.1) is 23.6 Å². The molecule has 3 aliphatic rings. The lowest BCUT2D eigenvalue weighted by atomic mass is 9.79. The molecule has 2 aliphatic carbocycles. The van der Waals surface area contributed by atoms with Crippen LogP contribution in [0.1, 0.15) is 105 Å². The van der Waals surface area contributed by atoms with Crippen LogP contribution in [-0.4, -0.2) is 81.1 Å². The summed E-state index contributed by atoms with van der Waals surface area (Å²) in [6.07, 6.45) is -1.14. The van der Waals surface area contributed by atoms with Gasteiger partial charge in [0.1, 0.15) is 22.1 Å². The number of pyridine rings is 1. The highest BCUT2D eigenvalue weighted by Gasteiger charge is 2.56. The van der Waals surface area contributed by atoms with E-state index < -0.39 is 69.4 Å². The molecule has 1 saturated carbocycles. The summed E-state index contributed by atoms with van der Waals surface area (Å²) in [6, 6.07) is 1.40. The van der Waals surface area contributed by atoms with E-state index in [0.29, 0.717) is 62.0 Å². The van der Waals surface area contributed by atoms with Crippen LogP contribution in [0.3, 0.4) is 0 Å². The van der Waals surface area contributed by atoms with Crippen LogP contribution in [0.5, 0.6) is 5.75 Å². The number of carboxylic acids is 1. The Morgan fingerprint density at radius 3 is 2.52 bits per heavy atom. The molecule has 308 valence electrons. The number of carbonyl (C=O) groups is 3. The summed E-state index contributed by atoms with van der Waals surface area (Å²) in [5, 5.41) is 10.6. The number of carbonyl (C=O) groups excluding carboxylic acids is 2. The molecule has 5 atom stereocenters. The molecule has 56 heavy (non-hydrogen) atoms. The number of allylic oxidation sites excluding steroid dienone is 2. The van der Waals surface area contributed by atoms with E-state index in [1.165, 1.54) is 11.9 Å². The maximum Gasteiger partial charge on any atom is 0.425 e. The minimum absolute atomic E-state index is 0.0338. The summed E-state index contributed by atoms with van der Waals surface area (Å²) in [5.41, 5.74) is 2.70. The van der Waals surface area contributed by atoms with Crippen LogP contribution in [0.25, 0.3) is 0 Å². The number of aromatic nitrogens is 1. The van der Waals surface area contributed by atoms with Crippen LogP contribution in [-0.2, 0) is 26.7 Å². The number of rotatable bonds is 14. The molecule has 2 aromatic heterocycles. The smallest absolute Gasteiger partial charge is 0.425 e. The number of ether oxygens (including phenoxy) is 2. The first-order chi connectivity index (χ1) is 26.3. The Morgan fingerprint density at radius 2 is 1.89 bits per heavy atom. The van der Waals surface area contributed by atoms with E-state index in [-0.39, 0.29) is 50.6 Å². The number of amides is 2. The molecule has 5 rings (SSSR count). The fourth-order valence-electron chi connectivity index (χ4n) is 8.05. The molecule has 10 nitrogen and oxygen atoms in total. The van der Waals surface area contributed by atoms with E-state index in [0.717, 1.165) is 40.2 Å². The van der Waals surface area contributed by atoms with Crippen molar-refractivity contribution >= 4 is 29.1 Å². The third-order valence-electron chi connectivity index (χ3n) is 11.1. The average Bonchev–Trinajstić information content (AvgIpc) is 3.84. The number of piperidine rings is 1. The minimum Gasteiger partial charge on any atom is -0.494 e. The average molecular weight is 815 g/mol. The van der Waals surface area contributed by atoms with Crippen molar-refractivity contribution in [2.45, 2.75) is 120 Å². The molecule has 0 spiro atoms. The molecule has 0 aromatic carbocycles. The van der Waals surface area contributed by atoms with Gasteiger partial charge in [0.15, 0.2) is 0 Å². The van der Waals surface area contributed by atoms with Gasteiger partial charge in [-0.05, 0) is 63.5 Å². The van der Waals surface area contributed by atoms with Crippen LogP contribution in [0.4, 0.5) is 26.3 Å². The van der Waals surface area contributed by atoms with Crippen molar-refractivity contribution in [2.75, 3.05) is 20.1 Å². The first kappa shape index (κ1) is 43.0. The van der Waals surface area contributed by atoms with Crippen molar-refractivity contribution in [3.63, 3.8) is 0 Å². The number of halogens is 6. The van der Waals surface area contributed by atoms with Gasteiger partial charge in [-0.2, -0.15) is 26.3 Å². The van der Waals surface area contributed by atoms with Gasteiger partial charge >= 0.3 is 18.3 Å². The van der Waals surface area contributed by atoms with Crippen LogP contribution >= 0.6 is 11.3 Å². The van der Waals surface area contributed by atoms with E-state index in [4.69, 9.17) is 15.2 Å². The van der Waals surface area contributed by atoms with Crippen molar-refractivity contribution < 1.29 is 55.3 Å². The summed E-state index contributed by atoms with van der Waals surface area (Å²) in [4.78, 5) is 45.9. The number of likely N-dealkylation sites (N-methyl/N-ethyl adjacent to an activating group) is 1. The molecule has 3 heterocycles. The van der Waals surface area contributed by atoms with Crippen LogP contribution in [0, 0.1) is 5.92 Å². The molecule has 2 aromatic rings. The molecular formula is C39H48F6N4O6S. The predicted octanol–water partition coefficient (Wildman–Crippen LogP) is 8.23. The highest BCUT2D eigenvalue weighted by atomic mass is 32.1. The van der Waals surface area contributed by atoms with Gasteiger partial charge in [0.2, 0.25) is 5.60 Å². The number of hydrogen-bond donors (Lipinski definition) is 2. The molecule has 0 bridgehead atoms. The zero-order valence-electron chi connectivity index (χ0n) is 31.5. The Balaban J connectivity index is 1.48. The summed E-state index contributed by atoms with van der Waals surface area (Å²) in [5.74, 6) is -2.69. The minimum atomic E-state index is -4.91. The van der Waals surface area contributed by atoms with Gasteiger partial charge in [-0.15, -0.1) is 11.3 Å². The quantitative estimate of drug-likeness (QED) is 0.182. The highest BCUT2D eigenvalue weighted by molar-refractivity contribution is 7.10. The van der Waals surface area contributed by atoms with Gasteiger partial charge in [-0.25, -0.2) is 0 Å². The SMILES string of the molecule is CCC[C@H]1N(C(=O)c2ncccc2C(F)(F)F)CCC[C@@]1(Oc1csc(C(F)(F)F)c1)C(=O)N(C)CCC(N)(CC)C1=C(O[C@H]2CC[C@H](C(=O)O)C2)CCC=C1. The Bertz CT molecular complexity index is 1810. The molecule has 3 N–H and O–H groups in total. The third-order valence-corrected chi connectivity index (χ3v) is 12.0. The number of thiophene rings is 1. The van der Waals surface area contributed by atoms with E-state index in [1.54, 1.807) is 6.92 Å². The molecule has 2 amide bonds. The molecule has 1 unspecified atom stereocenters. The zero-order valence-corrected chi connectivity index (χ0v) is 32.4. The fourth-order valence-corrected chi connectivity index (χ4v) is 8.73. The summed E-state index contributed by atoms with van der Waals surface area (Å²) >= 11 is 0.373. The number of aliphatic carboxylic acids is 1. The standard InChI is InChI=1S/C39H48F6N4O6S/c1-4-10-30-37(55-26-22-31(56-23-26)39(43,44)45,16-9-19-49(30)33(50)32-28(38(40,41)42)12-8-18-47-32)35(53)48(3)20-17-36(46,5-2)27-11-6-7-13-29(27)54-25-15-14-24(21-25)34(51)52/h6,8,11-12,18,22-25,30H,4-5,7,9-10,13-17,19-21,46H2,1-3H3,(H,51,52)/t24-,25-,30+,36?,37-/m0/s1. The molecule has 0 radical (unpaired) electrons. The van der Waals surface area contributed by atoms with Crippen molar-refractivity contribution in [3.8, 4) is 5.75 Å². The summed E-state index contributed by atoms with van der Waals surface area (Å²) < 4.78 is 96.1. The Kier molecular flexibility index (Phi) is 13.2. The van der Waals surface area contributed by atoms with E-state index in [9.17, 15) is 45.8 Å². The summed E-state index contributed by atoms with van der Waals surface area (Å²) in [7, 11) is 1.50. The first-order valence-corrected chi connectivity index (χ1v) is 19.7. The maximum atomic E-state index is 14.9. The van der Waals surface area contributed by atoms with Crippen molar-refractivity contribution in [2.24, 2.45) is 11.7 Å². The molecule has 2 fully saturated rings. The Morgan fingerprint density at radius 1 is 1.14 bits per heavy atom.